The van der Waals surface area contributed by atoms with Crippen LogP contribution in [0.3, 0.4) is 0 Å². The second-order valence-corrected chi connectivity index (χ2v) is 5.23. The first-order valence-corrected chi connectivity index (χ1v) is 7.17. The Morgan fingerprint density at radius 1 is 1.09 bits per heavy atom. The molecule has 0 spiro atoms. The molecule has 0 fully saturated rings. The smallest absolute Gasteiger partial charge is 0.201 e. The number of benzene rings is 2. The van der Waals surface area contributed by atoms with Crippen LogP contribution in [0.4, 0.5) is 5.95 Å². The predicted octanol–water partition coefficient (Wildman–Crippen LogP) is 3.85. The highest BCUT2D eigenvalue weighted by Gasteiger charge is 2.09. The number of hydrogen-bond donors (Lipinski definition) is 2. The molecule has 22 heavy (non-hydrogen) atoms. The van der Waals surface area contributed by atoms with Crippen molar-refractivity contribution in [3.05, 3.63) is 47.0 Å². The van der Waals surface area contributed by atoms with Crippen LogP contribution in [0.5, 0.6) is 11.5 Å². The Balaban J connectivity index is 1.81. The minimum Gasteiger partial charge on any atom is -0.493 e. The number of nitrogens with zero attached hydrogens (tertiary/aromatic N) is 1. The maximum Gasteiger partial charge on any atom is 0.201 e. The molecule has 3 aromatic rings. The van der Waals surface area contributed by atoms with Crippen LogP contribution in [0.25, 0.3) is 11.0 Å². The van der Waals surface area contributed by atoms with E-state index in [9.17, 15) is 0 Å². The van der Waals surface area contributed by atoms with Crippen LogP contribution in [0.15, 0.2) is 36.4 Å². The highest BCUT2D eigenvalue weighted by Crippen LogP contribution is 2.31. The monoisotopic (exact) mass is 317 g/mol. The van der Waals surface area contributed by atoms with E-state index in [1.165, 1.54) is 0 Å². The normalized spacial score (nSPS) is 10.7. The minimum atomic E-state index is 0.658. The summed E-state index contributed by atoms with van der Waals surface area (Å²) >= 11 is 5.88. The molecule has 114 valence electrons. The molecule has 6 heteroatoms. The topological polar surface area (TPSA) is 59.2 Å². The lowest BCUT2D eigenvalue weighted by atomic mass is 10.2. The van der Waals surface area contributed by atoms with Crippen LogP contribution in [-0.2, 0) is 6.54 Å². The number of aromatic amines is 1. The van der Waals surface area contributed by atoms with Gasteiger partial charge in [-0.15, -0.1) is 0 Å². The van der Waals surface area contributed by atoms with E-state index in [4.69, 9.17) is 21.1 Å². The molecule has 2 aromatic carbocycles. The Kier molecular flexibility index (Phi) is 4.06. The van der Waals surface area contributed by atoms with Gasteiger partial charge in [-0.3, -0.25) is 0 Å². The second kappa shape index (κ2) is 6.15. The SMILES string of the molecule is COc1cc2nc(NCc3ccc(Cl)cc3)[nH]c2cc1OC. The van der Waals surface area contributed by atoms with Gasteiger partial charge in [0.1, 0.15) is 0 Å². The van der Waals surface area contributed by atoms with Gasteiger partial charge in [-0.25, -0.2) is 4.98 Å². The van der Waals surface area contributed by atoms with Gasteiger partial charge < -0.3 is 19.8 Å². The van der Waals surface area contributed by atoms with Crippen LogP contribution in [0, 0.1) is 0 Å². The molecular formula is C16H16ClN3O2. The molecule has 2 N–H and O–H groups in total. The minimum absolute atomic E-state index is 0.658. The van der Waals surface area contributed by atoms with E-state index in [1.54, 1.807) is 14.2 Å². The summed E-state index contributed by atoms with van der Waals surface area (Å²) in [5.41, 5.74) is 2.83. The van der Waals surface area contributed by atoms with Crippen molar-refractivity contribution in [3.8, 4) is 11.5 Å². The van der Waals surface area contributed by atoms with Crippen molar-refractivity contribution in [2.75, 3.05) is 19.5 Å². The summed E-state index contributed by atoms with van der Waals surface area (Å²) in [6.45, 7) is 0.658. The van der Waals surface area contributed by atoms with Gasteiger partial charge in [0.2, 0.25) is 5.95 Å². The summed E-state index contributed by atoms with van der Waals surface area (Å²) in [6, 6.07) is 11.4. The number of nitrogens with one attached hydrogen (secondary N) is 2. The lowest BCUT2D eigenvalue weighted by Crippen LogP contribution is -2.00. The second-order valence-electron chi connectivity index (χ2n) is 4.79. The average molecular weight is 318 g/mol. The Bertz CT molecular complexity index is 743. The number of imidazole rings is 1. The van der Waals surface area contributed by atoms with Crippen LogP contribution in [-0.4, -0.2) is 24.2 Å². The number of ether oxygens (including phenoxy) is 2. The Morgan fingerprint density at radius 2 is 1.77 bits per heavy atom. The molecule has 0 atom stereocenters. The summed E-state index contributed by atoms with van der Waals surface area (Å²) in [5, 5.41) is 3.98. The highest BCUT2D eigenvalue weighted by atomic mass is 35.5. The number of methoxy groups -OCH3 is 2. The third-order valence-electron chi connectivity index (χ3n) is 3.36. The lowest BCUT2D eigenvalue weighted by molar-refractivity contribution is 0.356. The van der Waals surface area contributed by atoms with Crippen LogP contribution >= 0.6 is 11.6 Å². The molecule has 0 saturated carbocycles. The number of anilines is 1. The van der Waals surface area contributed by atoms with E-state index in [1.807, 2.05) is 36.4 Å². The Morgan fingerprint density at radius 3 is 2.45 bits per heavy atom. The third kappa shape index (κ3) is 2.94. The zero-order chi connectivity index (χ0) is 15.5. The fourth-order valence-electron chi connectivity index (χ4n) is 2.21. The molecule has 5 nitrogen and oxygen atoms in total. The van der Waals surface area contributed by atoms with Crippen molar-refractivity contribution in [1.82, 2.24) is 9.97 Å². The fraction of sp³-hybridized carbons (Fsp3) is 0.188. The van der Waals surface area contributed by atoms with Gasteiger partial charge in [0.15, 0.2) is 11.5 Å². The number of halogens is 1. The van der Waals surface area contributed by atoms with E-state index in [2.05, 4.69) is 15.3 Å². The number of H-pyrrole nitrogens is 1. The van der Waals surface area contributed by atoms with E-state index in [-0.39, 0.29) is 0 Å². The number of rotatable bonds is 5. The highest BCUT2D eigenvalue weighted by molar-refractivity contribution is 6.30. The average Bonchev–Trinajstić information content (AvgIpc) is 2.94. The fourth-order valence-corrected chi connectivity index (χ4v) is 2.33. The molecule has 0 bridgehead atoms. The molecule has 0 unspecified atom stereocenters. The van der Waals surface area contributed by atoms with Gasteiger partial charge in [0, 0.05) is 23.7 Å². The van der Waals surface area contributed by atoms with Crippen LogP contribution < -0.4 is 14.8 Å². The lowest BCUT2D eigenvalue weighted by Gasteiger charge is -2.06. The van der Waals surface area contributed by atoms with Gasteiger partial charge in [0.05, 0.1) is 25.3 Å². The van der Waals surface area contributed by atoms with Crippen molar-refractivity contribution < 1.29 is 9.47 Å². The summed E-state index contributed by atoms with van der Waals surface area (Å²) in [4.78, 5) is 7.72. The van der Waals surface area contributed by atoms with Gasteiger partial charge in [-0.05, 0) is 17.7 Å². The summed E-state index contributed by atoms with van der Waals surface area (Å²) in [5.74, 6) is 2.02. The number of aromatic nitrogens is 2. The molecular weight excluding hydrogens is 302 g/mol. The van der Waals surface area contributed by atoms with Gasteiger partial charge >= 0.3 is 0 Å². The first kappa shape index (κ1) is 14.5. The molecule has 0 aliphatic rings. The molecule has 0 aliphatic carbocycles. The third-order valence-corrected chi connectivity index (χ3v) is 3.61. The first-order valence-electron chi connectivity index (χ1n) is 6.79. The molecule has 3 rings (SSSR count). The van der Waals surface area contributed by atoms with E-state index < -0.39 is 0 Å². The van der Waals surface area contributed by atoms with Crippen molar-refractivity contribution in [3.63, 3.8) is 0 Å². The molecule has 0 aliphatic heterocycles. The molecule has 1 aromatic heterocycles. The zero-order valence-electron chi connectivity index (χ0n) is 12.3. The van der Waals surface area contributed by atoms with Crippen molar-refractivity contribution >= 4 is 28.6 Å². The van der Waals surface area contributed by atoms with Gasteiger partial charge in [-0.2, -0.15) is 0 Å². The molecule has 0 saturated heterocycles. The first-order chi connectivity index (χ1) is 10.7. The van der Waals surface area contributed by atoms with E-state index in [0.717, 1.165) is 21.6 Å². The number of fused-ring (bicyclic) bond motifs is 1. The van der Waals surface area contributed by atoms with E-state index >= 15 is 0 Å². The summed E-state index contributed by atoms with van der Waals surface area (Å²) in [6.07, 6.45) is 0. The van der Waals surface area contributed by atoms with Gasteiger partial charge in [0.25, 0.3) is 0 Å². The maximum atomic E-state index is 5.88. The van der Waals surface area contributed by atoms with Crippen LogP contribution in [0.2, 0.25) is 5.02 Å². The van der Waals surface area contributed by atoms with E-state index in [0.29, 0.717) is 24.0 Å². The largest absolute Gasteiger partial charge is 0.493 e. The summed E-state index contributed by atoms with van der Waals surface area (Å²) in [7, 11) is 3.22. The Labute approximate surface area is 133 Å². The van der Waals surface area contributed by atoms with Gasteiger partial charge in [-0.1, -0.05) is 23.7 Å². The van der Waals surface area contributed by atoms with Crippen LogP contribution in [0.1, 0.15) is 5.56 Å². The predicted molar refractivity (Wildman–Crippen MR) is 88.0 cm³/mol. The molecule has 1 heterocycles. The van der Waals surface area contributed by atoms with Crippen molar-refractivity contribution in [2.24, 2.45) is 0 Å². The quantitative estimate of drug-likeness (QED) is 0.750. The van der Waals surface area contributed by atoms with Crippen molar-refractivity contribution in [1.29, 1.82) is 0 Å². The standard InChI is InChI=1S/C16H16ClN3O2/c1-21-14-7-12-13(8-15(14)22-2)20-16(19-12)18-9-10-3-5-11(17)6-4-10/h3-8H,9H2,1-2H3,(H2,18,19,20). The van der Waals surface area contributed by atoms with Crippen molar-refractivity contribution in [2.45, 2.75) is 6.54 Å². The summed E-state index contributed by atoms with van der Waals surface area (Å²) < 4.78 is 10.6. The molecule has 0 radical (unpaired) electrons. The maximum absolute atomic E-state index is 5.88. The zero-order valence-corrected chi connectivity index (χ0v) is 13.1. The Hall–Kier alpha value is -2.40. The molecule has 0 amide bonds. The number of hydrogen-bond acceptors (Lipinski definition) is 4.